The largest absolute Gasteiger partial charge is 0.407 e. The number of aromatic nitrogens is 1. The van der Waals surface area contributed by atoms with Gasteiger partial charge in [-0.3, -0.25) is 15.1 Å². The molecule has 1 heterocycles. The van der Waals surface area contributed by atoms with Crippen LogP contribution in [0, 0.1) is 18.3 Å². The average molecular weight is 462 g/mol. The monoisotopic (exact) mass is 462 g/mol. The van der Waals surface area contributed by atoms with Gasteiger partial charge < -0.3 is 5.32 Å². The number of nitriles is 1. The van der Waals surface area contributed by atoms with E-state index in [1.165, 1.54) is 26.0 Å². The number of halogens is 4. The molecule has 1 aliphatic rings. The fourth-order valence-corrected chi connectivity index (χ4v) is 3.51. The van der Waals surface area contributed by atoms with Crippen molar-refractivity contribution in [3.8, 4) is 17.2 Å². The summed E-state index contributed by atoms with van der Waals surface area (Å²) in [5.74, 6) is -0.823. The van der Waals surface area contributed by atoms with Crippen LogP contribution in [0.2, 0.25) is 0 Å². The van der Waals surface area contributed by atoms with E-state index < -0.39 is 41.8 Å². The molecule has 176 valence electrons. The van der Waals surface area contributed by atoms with E-state index >= 15 is 0 Å². The van der Waals surface area contributed by atoms with Gasteiger partial charge in [0.05, 0.1) is 12.1 Å². The van der Waals surface area contributed by atoms with Gasteiger partial charge in [0.1, 0.15) is 17.2 Å². The number of pyridine rings is 1. The van der Waals surface area contributed by atoms with E-state index in [0.717, 1.165) is 11.3 Å². The molecule has 0 spiro atoms. The molecule has 1 aliphatic carbocycles. The number of carbonyl (C=O) groups is 1. The zero-order valence-corrected chi connectivity index (χ0v) is 18.6. The Kier molecular flexibility index (Phi) is 6.80. The smallest absolute Gasteiger partial charge is 0.336 e. The summed E-state index contributed by atoms with van der Waals surface area (Å²) >= 11 is 0. The summed E-state index contributed by atoms with van der Waals surface area (Å²) in [4.78, 5) is 16.9. The number of nitrogens with zero attached hydrogens (tertiary/aromatic N) is 2. The molecule has 3 rings (SSSR count). The molecule has 1 fully saturated rings. The van der Waals surface area contributed by atoms with Crippen molar-refractivity contribution < 1.29 is 22.4 Å². The van der Waals surface area contributed by atoms with Crippen molar-refractivity contribution >= 4 is 5.91 Å². The molecule has 0 bridgehead atoms. The van der Waals surface area contributed by atoms with Crippen molar-refractivity contribution in [2.75, 3.05) is 0 Å². The SMILES string of the molecule is Cc1ccc(-c2ccc([C@H](N[C@@H](CC(C)(C)F)C(=O)NC3(C#N)CC3)C(F)(F)F)cc2)cn1. The molecule has 2 atom stereocenters. The highest BCUT2D eigenvalue weighted by molar-refractivity contribution is 5.83. The summed E-state index contributed by atoms with van der Waals surface area (Å²) in [6.07, 6.45) is -2.76. The number of hydrogen-bond donors (Lipinski definition) is 2. The van der Waals surface area contributed by atoms with Gasteiger partial charge >= 0.3 is 6.18 Å². The molecular weight excluding hydrogens is 436 g/mol. The zero-order chi connectivity index (χ0) is 24.4. The van der Waals surface area contributed by atoms with Crippen LogP contribution in [0.15, 0.2) is 42.6 Å². The number of alkyl halides is 4. The average Bonchev–Trinajstić information content (AvgIpc) is 3.50. The Balaban J connectivity index is 1.86. The van der Waals surface area contributed by atoms with Crippen LogP contribution in [0.1, 0.15) is 50.4 Å². The molecule has 9 heteroatoms. The Labute approximate surface area is 190 Å². The quantitative estimate of drug-likeness (QED) is 0.546. The predicted molar refractivity (Wildman–Crippen MR) is 116 cm³/mol. The Morgan fingerprint density at radius 2 is 1.73 bits per heavy atom. The second-order valence-corrected chi connectivity index (χ2v) is 9.11. The molecule has 0 saturated heterocycles. The van der Waals surface area contributed by atoms with Crippen molar-refractivity contribution in [3.63, 3.8) is 0 Å². The number of aryl methyl sites for hydroxylation is 1. The van der Waals surface area contributed by atoms with Crippen molar-refractivity contribution in [1.29, 1.82) is 5.26 Å². The van der Waals surface area contributed by atoms with Crippen LogP contribution in [-0.4, -0.2) is 34.3 Å². The lowest BCUT2D eigenvalue weighted by atomic mass is 9.96. The van der Waals surface area contributed by atoms with Crippen LogP contribution >= 0.6 is 0 Å². The molecule has 0 unspecified atom stereocenters. The number of rotatable bonds is 8. The Bertz CT molecular complexity index is 1020. The minimum Gasteiger partial charge on any atom is -0.336 e. The van der Waals surface area contributed by atoms with Gasteiger partial charge in [-0.15, -0.1) is 0 Å². The molecule has 1 aromatic carbocycles. The van der Waals surface area contributed by atoms with Crippen molar-refractivity contribution in [3.05, 3.63) is 53.9 Å². The highest BCUT2D eigenvalue weighted by Crippen LogP contribution is 2.37. The van der Waals surface area contributed by atoms with Gasteiger partial charge in [0.25, 0.3) is 0 Å². The van der Waals surface area contributed by atoms with E-state index in [9.17, 15) is 27.6 Å². The molecule has 1 amide bonds. The fraction of sp³-hybridized carbons (Fsp3) is 0.458. The van der Waals surface area contributed by atoms with Crippen LogP contribution in [0.5, 0.6) is 0 Å². The number of hydrogen-bond acceptors (Lipinski definition) is 4. The summed E-state index contributed by atoms with van der Waals surface area (Å²) in [7, 11) is 0. The summed E-state index contributed by atoms with van der Waals surface area (Å²) in [6.45, 7) is 4.22. The second kappa shape index (κ2) is 9.10. The van der Waals surface area contributed by atoms with Crippen LogP contribution in [-0.2, 0) is 4.79 Å². The topological polar surface area (TPSA) is 77.8 Å². The molecule has 1 saturated carbocycles. The van der Waals surface area contributed by atoms with Crippen molar-refractivity contribution in [1.82, 2.24) is 15.6 Å². The molecule has 0 aliphatic heterocycles. The number of carbonyl (C=O) groups excluding carboxylic acids is 1. The molecule has 2 N–H and O–H groups in total. The molecule has 1 aromatic heterocycles. The van der Waals surface area contributed by atoms with E-state index in [4.69, 9.17) is 0 Å². The molecule has 33 heavy (non-hydrogen) atoms. The number of benzene rings is 1. The maximum Gasteiger partial charge on any atom is 0.407 e. The molecule has 2 aromatic rings. The third-order valence-corrected chi connectivity index (χ3v) is 5.52. The highest BCUT2D eigenvalue weighted by atomic mass is 19.4. The molecular formula is C24H26F4N4O. The summed E-state index contributed by atoms with van der Waals surface area (Å²) in [5.41, 5.74) is -0.822. The lowest BCUT2D eigenvalue weighted by Gasteiger charge is -2.30. The van der Waals surface area contributed by atoms with Gasteiger partial charge in [-0.25, -0.2) is 4.39 Å². The third kappa shape index (κ3) is 6.51. The first-order chi connectivity index (χ1) is 15.3. The van der Waals surface area contributed by atoms with E-state index in [1.54, 1.807) is 24.4 Å². The molecule has 0 radical (unpaired) electrons. The van der Waals surface area contributed by atoms with Gasteiger partial charge in [-0.05, 0) is 50.8 Å². The summed E-state index contributed by atoms with van der Waals surface area (Å²) in [5, 5.41) is 14.0. The first kappa shape index (κ1) is 24.6. The van der Waals surface area contributed by atoms with E-state index in [0.29, 0.717) is 18.4 Å². The van der Waals surface area contributed by atoms with Crippen LogP contribution < -0.4 is 10.6 Å². The van der Waals surface area contributed by atoms with Gasteiger partial charge in [0.2, 0.25) is 5.91 Å². The van der Waals surface area contributed by atoms with Crippen LogP contribution in [0.4, 0.5) is 17.6 Å². The number of nitrogens with one attached hydrogen (secondary N) is 2. The van der Waals surface area contributed by atoms with E-state index in [-0.39, 0.29) is 5.56 Å². The maximum atomic E-state index is 14.4. The van der Waals surface area contributed by atoms with Gasteiger partial charge in [-0.2, -0.15) is 18.4 Å². The lowest BCUT2D eigenvalue weighted by Crippen LogP contribution is -2.53. The molecule has 5 nitrogen and oxygen atoms in total. The summed E-state index contributed by atoms with van der Waals surface area (Å²) < 4.78 is 56.4. The van der Waals surface area contributed by atoms with Gasteiger partial charge in [0.15, 0.2) is 0 Å². The minimum absolute atomic E-state index is 0.109. The standard InChI is InChI=1S/C24H26F4N4O/c1-15-4-5-18(13-30-15)16-6-8-17(9-7-16)20(24(26,27)28)31-19(12-22(2,3)25)21(33)32-23(14-29)10-11-23/h4-9,13,19-20,31H,10-12H2,1-3H3,(H,32,33)/t19-,20-/m0/s1. The first-order valence-electron chi connectivity index (χ1n) is 10.6. The van der Waals surface area contributed by atoms with Gasteiger partial charge in [0, 0.05) is 23.9 Å². The first-order valence-corrected chi connectivity index (χ1v) is 10.6. The van der Waals surface area contributed by atoms with Crippen LogP contribution in [0.25, 0.3) is 11.1 Å². The fourth-order valence-electron chi connectivity index (χ4n) is 3.51. The predicted octanol–water partition coefficient (Wildman–Crippen LogP) is 4.93. The maximum absolute atomic E-state index is 14.4. The summed E-state index contributed by atoms with van der Waals surface area (Å²) in [6, 6.07) is 7.66. The van der Waals surface area contributed by atoms with Crippen LogP contribution in [0.3, 0.4) is 0 Å². The normalized spacial score (nSPS) is 17.0. The highest BCUT2D eigenvalue weighted by Gasteiger charge is 2.48. The van der Waals surface area contributed by atoms with Crippen molar-refractivity contribution in [2.45, 2.75) is 69.5 Å². The lowest BCUT2D eigenvalue weighted by molar-refractivity contribution is -0.161. The number of amides is 1. The Hall–Kier alpha value is -2.99. The third-order valence-electron chi connectivity index (χ3n) is 5.52. The Morgan fingerprint density at radius 1 is 1.12 bits per heavy atom. The minimum atomic E-state index is -4.74. The van der Waals surface area contributed by atoms with Crippen molar-refractivity contribution in [2.24, 2.45) is 0 Å². The van der Waals surface area contributed by atoms with E-state index in [1.807, 2.05) is 19.1 Å². The zero-order valence-electron chi connectivity index (χ0n) is 18.6. The second-order valence-electron chi connectivity index (χ2n) is 9.11. The van der Waals surface area contributed by atoms with E-state index in [2.05, 4.69) is 15.6 Å². The van der Waals surface area contributed by atoms with Gasteiger partial charge in [-0.1, -0.05) is 30.3 Å². The Morgan fingerprint density at radius 3 is 2.18 bits per heavy atom.